The van der Waals surface area contributed by atoms with Gasteiger partial charge in [0.1, 0.15) is 45.0 Å². The van der Waals surface area contributed by atoms with E-state index in [1.54, 1.807) is 36.7 Å². The number of aliphatic hydroxyl groups is 1. The highest BCUT2D eigenvalue weighted by Crippen LogP contribution is 2.39. The molecule has 4 rings (SSSR count). The number of aromatic nitrogens is 1. The van der Waals surface area contributed by atoms with Gasteiger partial charge in [-0.2, -0.15) is 0 Å². The summed E-state index contributed by atoms with van der Waals surface area (Å²) in [5.74, 6) is 0.707. The quantitative estimate of drug-likeness (QED) is 0.481. The molecule has 0 radical (unpaired) electrons. The summed E-state index contributed by atoms with van der Waals surface area (Å²) in [7, 11) is 0. The maximum Gasteiger partial charge on any atom is 0.231 e. The number of piperazine rings is 1. The number of allylic oxidation sites excluding steroid dienone is 1. The Labute approximate surface area is 163 Å². The van der Waals surface area contributed by atoms with E-state index in [1.165, 1.54) is 9.80 Å². The number of carbonyl (C=O) groups is 1. The normalized spacial score (nSPS) is 22.9. The van der Waals surface area contributed by atoms with Crippen LogP contribution in [0.15, 0.2) is 42.4 Å². The number of hydrogen-bond donors (Lipinski definition) is 4. The monoisotopic (exact) mass is 383 g/mol. The fraction of sp³-hybridized carbons (Fsp3) is 0.333. The molecule has 1 saturated heterocycles. The van der Waals surface area contributed by atoms with Crippen molar-refractivity contribution >= 4 is 11.9 Å². The molecule has 1 aromatic carbocycles. The molecule has 0 bridgehead atoms. The minimum Gasteiger partial charge on any atom is -0.507 e. The molecule has 7 heteroatoms. The number of aliphatic hydroxyl groups excluding tert-OH is 1. The molecule has 0 atom stereocenters. The summed E-state index contributed by atoms with van der Waals surface area (Å²) < 4.78 is 5.91. The number of fused-ring (bicyclic) bond motifs is 1. The van der Waals surface area contributed by atoms with Gasteiger partial charge in [0.2, 0.25) is 5.78 Å². The number of ether oxygens (including phenoxy) is 1. The second-order valence-corrected chi connectivity index (χ2v) is 7.32. The number of carbonyl (C=O) groups excluding carboxylic acids is 1. The van der Waals surface area contributed by atoms with E-state index in [4.69, 9.17) is 9.84 Å². The van der Waals surface area contributed by atoms with Crippen LogP contribution < -0.4 is 14.5 Å². The van der Waals surface area contributed by atoms with Crippen molar-refractivity contribution in [1.82, 2.24) is 4.98 Å². The summed E-state index contributed by atoms with van der Waals surface area (Å²) in [5.41, 5.74) is 1.96. The Morgan fingerprint density at radius 1 is 1.14 bits per heavy atom. The number of quaternary nitrogens is 2. The SMILES string of the molecule is O=C1/C(=C/c2cccnc2)Oc2c1ccc(O)c2C[NH+]1CC[NH+](CCO)CC1. The van der Waals surface area contributed by atoms with Crippen molar-refractivity contribution in [1.29, 1.82) is 0 Å². The Balaban J connectivity index is 1.54. The van der Waals surface area contributed by atoms with Crippen LogP contribution in [0.25, 0.3) is 6.08 Å². The number of rotatable bonds is 5. The van der Waals surface area contributed by atoms with Crippen molar-refractivity contribution in [2.75, 3.05) is 39.3 Å². The number of nitrogens with zero attached hydrogens (tertiary/aromatic N) is 1. The first-order chi connectivity index (χ1) is 13.7. The molecule has 4 N–H and O–H groups in total. The summed E-state index contributed by atoms with van der Waals surface area (Å²) in [6.45, 7) is 5.46. The minimum absolute atomic E-state index is 0.159. The zero-order valence-electron chi connectivity index (χ0n) is 15.6. The molecule has 0 unspecified atom stereocenters. The molecule has 0 amide bonds. The lowest BCUT2D eigenvalue weighted by Gasteiger charge is -2.29. The van der Waals surface area contributed by atoms with Crippen LogP contribution in [-0.2, 0) is 6.54 Å². The van der Waals surface area contributed by atoms with E-state index in [-0.39, 0.29) is 23.9 Å². The average Bonchev–Trinajstić information content (AvgIpc) is 3.02. The van der Waals surface area contributed by atoms with Crippen molar-refractivity contribution in [2.45, 2.75) is 6.54 Å². The number of benzene rings is 1. The summed E-state index contributed by atoms with van der Waals surface area (Å²) in [6, 6.07) is 6.86. The van der Waals surface area contributed by atoms with E-state index in [0.717, 1.165) is 38.3 Å². The molecule has 146 valence electrons. The highest BCUT2D eigenvalue weighted by molar-refractivity contribution is 6.14. The van der Waals surface area contributed by atoms with Crippen LogP contribution in [0.1, 0.15) is 21.5 Å². The van der Waals surface area contributed by atoms with E-state index in [2.05, 4.69) is 4.98 Å². The van der Waals surface area contributed by atoms with Crippen LogP contribution in [0.2, 0.25) is 0 Å². The largest absolute Gasteiger partial charge is 0.507 e. The number of pyridine rings is 1. The molecule has 2 aliphatic rings. The van der Waals surface area contributed by atoms with Gasteiger partial charge in [-0.05, 0) is 29.8 Å². The zero-order valence-corrected chi connectivity index (χ0v) is 15.6. The average molecular weight is 383 g/mol. The first kappa shape index (κ1) is 18.6. The minimum atomic E-state index is -0.174. The number of Topliss-reactive ketones (excluding diaryl/α,β-unsaturated/α-hetero) is 1. The zero-order chi connectivity index (χ0) is 19.5. The van der Waals surface area contributed by atoms with Crippen molar-refractivity contribution < 1.29 is 29.5 Å². The van der Waals surface area contributed by atoms with Crippen LogP contribution in [0.3, 0.4) is 0 Å². The Bertz CT molecular complexity index is 890. The van der Waals surface area contributed by atoms with Gasteiger partial charge in [0.25, 0.3) is 0 Å². The summed E-state index contributed by atoms with van der Waals surface area (Å²) in [5, 5.41) is 19.5. The van der Waals surface area contributed by atoms with Crippen molar-refractivity contribution in [3.05, 3.63) is 59.1 Å². The van der Waals surface area contributed by atoms with Crippen molar-refractivity contribution in [3.63, 3.8) is 0 Å². The van der Waals surface area contributed by atoms with Crippen LogP contribution in [-0.4, -0.2) is 60.3 Å². The van der Waals surface area contributed by atoms with Gasteiger partial charge < -0.3 is 24.7 Å². The first-order valence-electron chi connectivity index (χ1n) is 9.63. The van der Waals surface area contributed by atoms with Crippen molar-refractivity contribution in [2.24, 2.45) is 0 Å². The van der Waals surface area contributed by atoms with E-state index in [9.17, 15) is 9.90 Å². The Hall–Kier alpha value is -2.74. The van der Waals surface area contributed by atoms with Gasteiger partial charge in [-0.15, -0.1) is 0 Å². The molecule has 2 aromatic rings. The lowest BCUT2D eigenvalue weighted by atomic mass is 10.0. The number of nitrogens with one attached hydrogen (secondary N) is 2. The van der Waals surface area contributed by atoms with E-state index in [0.29, 0.717) is 23.4 Å². The Morgan fingerprint density at radius 2 is 1.93 bits per heavy atom. The number of aromatic hydroxyl groups is 1. The number of phenols is 1. The highest BCUT2D eigenvalue weighted by atomic mass is 16.5. The maximum absolute atomic E-state index is 12.7. The van der Waals surface area contributed by atoms with Crippen LogP contribution in [0, 0.1) is 0 Å². The van der Waals surface area contributed by atoms with Gasteiger partial charge in [-0.25, -0.2) is 0 Å². The lowest BCUT2D eigenvalue weighted by molar-refractivity contribution is -1.02. The third kappa shape index (κ3) is 3.77. The standard InChI is InChI=1S/C21H23N3O4/c25-11-10-23-6-8-24(9-7-23)14-17-18(26)4-3-16-20(27)19(28-21(16)17)12-15-2-1-5-22-13-15/h1-5,12-13,25-26H,6-11,14H2/p+2/b19-12-. The topological polar surface area (TPSA) is 88.5 Å². The van der Waals surface area contributed by atoms with E-state index < -0.39 is 0 Å². The van der Waals surface area contributed by atoms with Gasteiger partial charge in [0, 0.05) is 12.4 Å². The predicted molar refractivity (Wildman–Crippen MR) is 102 cm³/mol. The van der Waals surface area contributed by atoms with Gasteiger partial charge in [-0.1, -0.05) is 6.07 Å². The van der Waals surface area contributed by atoms with E-state index in [1.807, 2.05) is 6.07 Å². The van der Waals surface area contributed by atoms with Gasteiger partial charge in [-0.3, -0.25) is 9.78 Å². The van der Waals surface area contributed by atoms with Gasteiger partial charge >= 0.3 is 0 Å². The lowest BCUT2D eigenvalue weighted by Crippen LogP contribution is -3.27. The molecule has 0 spiro atoms. The highest BCUT2D eigenvalue weighted by Gasteiger charge is 2.33. The molecule has 28 heavy (non-hydrogen) atoms. The molecule has 1 aromatic heterocycles. The second-order valence-electron chi connectivity index (χ2n) is 7.32. The Morgan fingerprint density at radius 3 is 2.64 bits per heavy atom. The molecule has 2 aliphatic heterocycles. The number of ketones is 1. The fourth-order valence-corrected chi connectivity index (χ4v) is 3.87. The number of hydrogen-bond acceptors (Lipinski definition) is 5. The summed E-state index contributed by atoms with van der Waals surface area (Å²) >= 11 is 0. The molecule has 3 heterocycles. The molecular formula is C21H25N3O4+2. The first-order valence-corrected chi connectivity index (χ1v) is 9.63. The predicted octanol–water partition coefficient (Wildman–Crippen LogP) is -1.32. The van der Waals surface area contributed by atoms with Crippen LogP contribution in [0.5, 0.6) is 11.5 Å². The summed E-state index contributed by atoms with van der Waals surface area (Å²) in [6.07, 6.45) is 5.03. The van der Waals surface area contributed by atoms with Crippen LogP contribution >= 0.6 is 0 Å². The summed E-state index contributed by atoms with van der Waals surface area (Å²) in [4.78, 5) is 19.5. The molecule has 0 aliphatic carbocycles. The van der Waals surface area contributed by atoms with Gasteiger partial charge in [0.05, 0.1) is 17.7 Å². The molecule has 1 fully saturated rings. The van der Waals surface area contributed by atoms with Crippen molar-refractivity contribution in [3.8, 4) is 11.5 Å². The third-order valence-electron chi connectivity index (χ3n) is 5.45. The Kier molecular flexibility index (Phi) is 5.38. The van der Waals surface area contributed by atoms with E-state index >= 15 is 0 Å². The fourth-order valence-electron chi connectivity index (χ4n) is 3.87. The molecule has 0 saturated carbocycles. The van der Waals surface area contributed by atoms with Gasteiger partial charge in [0.15, 0.2) is 11.5 Å². The third-order valence-corrected chi connectivity index (χ3v) is 5.45. The maximum atomic E-state index is 12.7. The number of phenolic OH excluding ortho intramolecular Hbond substituents is 1. The second kappa shape index (κ2) is 8.10. The molecule has 7 nitrogen and oxygen atoms in total. The molecular weight excluding hydrogens is 358 g/mol. The smallest absolute Gasteiger partial charge is 0.231 e. The van der Waals surface area contributed by atoms with Crippen LogP contribution in [0.4, 0.5) is 0 Å².